The highest BCUT2D eigenvalue weighted by molar-refractivity contribution is 7.80. The lowest BCUT2D eigenvalue weighted by Gasteiger charge is -2.18. The van der Waals surface area contributed by atoms with Gasteiger partial charge in [0.05, 0.1) is 10.5 Å². The number of benzene rings is 1. The van der Waals surface area contributed by atoms with Crippen molar-refractivity contribution in [3.8, 4) is 0 Å². The number of fused-ring (bicyclic) bond motifs is 3. The summed E-state index contributed by atoms with van der Waals surface area (Å²) in [6.45, 7) is 0. The van der Waals surface area contributed by atoms with Crippen molar-refractivity contribution in [2.75, 3.05) is 10.7 Å². The number of halogens is 1. The van der Waals surface area contributed by atoms with Gasteiger partial charge in [-0.2, -0.15) is 0 Å². The maximum atomic E-state index is 6.07. The molecule has 1 aliphatic heterocycles. The number of nitrogens with one attached hydrogen (secondary N) is 4. The predicted molar refractivity (Wildman–Crippen MR) is 66.3 cm³/mol. The Balaban J connectivity index is 2.32. The summed E-state index contributed by atoms with van der Waals surface area (Å²) in [5.41, 5.74) is 7.69. The molecule has 76 valence electrons. The summed E-state index contributed by atoms with van der Waals surface area (Å²) >= 11 is 11.1. The second-order valence-corrected chi connectivity index (χ2v) is 4.06. The summed E-state index contributed by atoms with van der Waals surface area (Å²) < 4.78 is 0. The highest BCUT2D eigenvalue weighted by atomic mass is 35.5. The van der Waals surface area contributed by atoms with Gasteiger partial charge in [0.1, 0.15) is 11.5 Å². The summed E-state index contributed by atoms with van der Waals surface area (Å²) in [4.78, 5) is 3.18. The molecule has 0 spiro atoms. The number of aromatic nitrogens is 1. The molecule has 3 rings (SSSR count). The standard InChI is InChI=1S/C9H7ClN4S/c10-5-3-1-2-4-6(5)11-8-7(4)13-14-9(15)12-8/h1-3,11,13H,(H2,12,14,15). The molecule has 1 aromatic heterocycles. The molecule has 0 fully saturated rings. The Hall–Kier alpha value is -1.46. The highest BCUT2D eigenvalue weighted by Crippen LogP contribution is 2.35. The van der Waals surface area contributed by atoms with E-state index in [0.29, 0.717) is 10.1 Å². The summed E-state index contributed by atoms with van der Waals surface area (Å²) in [5, 5.41) is 5.27. The van der Waals surface area contributed by atoms with Gasteiger partial charge in [0, 0.05) is 5.39 Å². The predicted octanol–water partition coefficient (Wildman–Crippen LogP) is 2.45. The summed E-state index contributed by atoms with van der Waals surface area (Å²) in [7, 11) is 0. The molecule has 0 atom stereocenters. The first-order valence-electron chi connectivity index (χ1n) is 4.39. The van der Waals surface area contributed by atoms with Gasteiger partial charge in [0.2, 0.25) is 0 Å². The number of anilines is 2. The number of para-hydroxylation sites is 1. The first-order valence-corrected chi connectivity index (χ1v) is 5.17. The third-order valence-corrected chi connectivity index (χ3v) is 2.84. The number of hydrogen-bond acceptors (Lipinski definition) is 2. The molecule has 0 saturated heterocycles. The van der Waals surface area contributed by atoms with Gasteiger partial charge < -0.3 is 10.3 Å². The smallest absolute Gasteiger partial charge is 0.190 e. The number of hydrazine groups is 1. The molecule has 2 heterocycles. The Morgan fingerprint density at radius 3 is 2.93 bits per heavy atom. The van der Waals surface area contributed by atoms with E-state index >= 15 is 0 Å². The van der Waals surface area contributed by atoms with Crippen LogP contribution in [0.15, 0.2) is 18.2 Å². The second-order valence-electron chi connectivity index (χ2n) is 3.24. The second kappa shape index (κ2) is 3.01. The van der Waals surface area contributed by atoms with Crippen LogP contribution in [0.1, 0.15) is 0 Å². The molecule has 0 amide bonds. The van der Waals surface area contributed by atoms with Crippen LogP contribution in [0.2, 0.25) is 5.02 Å². The molecule has 1 aliphatic rings. The van der Waals surface area contributed by atoms with Gasteiger partial charge in [-0.1, -0.05) is 23.7 Å². The largest absolute Gasteiger partial charge is 0.338 e. The summed E-state index contributed by atoms with van der Waals surface area (Å²) in [6.07, 6.45) is 0. The molecule has 4 N–H and O–H groups in total. The van der Waals surface area contributed by atoms with Gasteiger partial charge in [-0.3, -0.25) is 10.9 Å². The van der Waals surface area contributed by atoms with Gasteiger partial charge in [0.25, 0.3) is 0 Å². The van der Waals surface area contributed by atoms with E-state index in [4.69, 9.17) is 23.8 Å². The average molecular weight is 239 g/mol. The first-order chi connectivity index (χ1) is 7.25. The molecule has 0 radical (unpaired) electrons. The molecular weight excluding hydrogens is 232 g/mol. The van der Waals surface area contributed by atoms with E-state index in [1.165, 1.54) is 0 Å². The Kier molecular flexibility index (Phi) is 1.77. The normalized spacial score (nSPS) is 14.1. The molecule has 2 aromatic rings. The number of thiocarbonyl (C=S) groups is 1. The molecule has 0 bridgehead atoms. The molecule has 1 aromatic carbocycles. The van der Waals surface area contributed by atoms with Crippen LogP contribution in [0.4, 0.5) is 11.5 Å². The third-order valence-electron chi connectivity index (χ3n) is 2.32. The minimum Gasteiger partial charge on any atom is -0.338 e. The zero-order valence-electron chi connectivity index (χ0n) is 7.52. The van der Waals surface area contributed by atoms with Crippen molar-refractivity contribution in [3.63, 3.8) is 0 Å². The topological polar surface area (TPSA) is 51.9 Å². The van der Waals surface area contributed by atoms with E-state index in [-0.39, 0.29) is 0 Å². The maximum absolute atomic E-state index is 6.07. The van der Waals surface area contributed by atoms with Gasteiger partial charge in [0.15, 0.2) is 5.11 Å². The Labute approximate surface area is 96.0 Å². The fourth-order valence-electron chi connectivity index (χ4n) is 1.67. The van der Waals surface area contributed by atoms with Crippen LogP contribution in [0.5, 0.6) is 0 Å². The van der Waals surface area contributed by atoms with Crippen LogP contribution in [0, 0.1) is 0 Å². The first kappa shape index (κ1) is 8.82. The fourth-order valence-corrected chi connectivity index (χ4v) is 2.04. The van der Waals surface area contributed by atoms with Crippen molar-refractivity contribution in [2.24, 2.45) is 0 Å². The van der Waals surface area contributed by atoms with Crippen LogP contribution in [-0.4, -0.2) is 10.1 Å². The molecule has 0 unspecified atom stereocenters. The molecule has 4 nitrogen and oxygen atoms in total. The SMILES string of the molecule is S=C1NNc2c([nH]c3c(Cl)cccc23)N1. The minimum atomic E-state index is 0.533. The highest BCUT2D eigenvalue weighted by Gasteiger charge is 2.17. The zero-order valence-corrected chi connectivity index (χ0v) is 9.09. The van der Waals surface area contributed by atoms with Gasteiger partial charge in [-0.05, 0) is 18.3 Å². The van der Waals surface area contributed by atoms with Crippen molar-refractivity contribution in [3.05, 3.63) is 23.2 Å². The minimum absolute atomic E-state index is 0.533. The van der Waals surface area contributed by atoms with Crippen molar-refractivity contribution in [1.29, 1.82) is 0 Å². The molecule has 0 saturated carbocycles. The molecule has 6 heteroatoms. The van der Waals surface area contributed by atoms with E-state index < -0.39 is 0 Å². The zero-order chi connectivity index (χ0) is 10.4. The quantitative estimate of drug-likeness (QED) is 0.533. The van der Waals surface area contributed by atoms with Crippen molar-refractivity contribution in [1.82, 2.24) is 10.4 Å². The number of rotatable bonds is 0. The van der Waals surface area contributed by atoms with Crippen LogP contribution in [0.25, 0.3) is 10.9 Å². The lowest BCUT2D eigenvalue weighted by molar-refractivity contribution is 1.12. The molecule has 15 heavy (non-hydrogen) atoms. The Morgan fingerprint density at radius 2 is 2.07 bits per heavy atom. The molecule has 0 aliphatic carbocycles. The Bertz CT molecular complexity index is 562. The lowest BCUT2D eigenvalue weighted by atomic mass is 10.2. The summed E-state index contributed by atoms with van der Waals surface area (Å²) in [5.74, 6) is 0.835. The van der Waals surface area contributed by atoms with Crippen molar-refractivity contribution >= 4 is 51.3 Å². The van der Waals surface area contributed by atoms with E-state index in [1.54, 1.807) is 0 Å². The summed E-state index contributed by atoms with van der Waals surface area (Å²) in [6, 6.07) is 5.74. The van der Waals surface area contributed by atoms with Gasteiger partial charge in [-0.15, -0.1) is 0 Å². The lowest BCUT2D eigenvalue weighted by Crippen LogP contribution is -2.37. The fraction of sp³-hybridized carbons (Fsp3) is 0. The van der Waals surface area contributed by atoms with E-state index in [0.717, 1.165) is 22.4 Å². The number of hydrogen-bond donors (Lipinski definition) is 4. The van der Waals surface area contributed by atoms with E-state index in [2.05, 4.69) is 21.2 Å². The Morgan fingerprint density at radius 1 is 1.20 bits per heavy atom. The van der Waals surface area contributed by atoms with Gasteiger partial charge >= 0.3 is 0 Å². The van der Waals surface area contributed by atoms with Crippen LogP contribution >= 0.6 is 23.8 Å². The van der Waals surface area contributed by atoms with Gasteiger partial charge in [-0.25, -0.2) is 0 Å². The van der Waals surface area contributed by atoms with Crippen molar-refractivity contribution in [2.45, 2.75) is 0 Å². The maximum Gasteiger partial charge on any atom is 0.190 e. The number of H-pyrrole nitrogens is 1. The van der Waals surface area contributed by atoms with Crippen LogP contribution < -0.4 is 16.2 Å². The van der Waals surface area contributed by atoms with Crippen molar-refractivity contribution < 1.29 is 0 Å². The third kappa shape index (κ3) is 1.24. The van der Waals surface area contributed by atoms with E-state index in [9.17, 15) is 0 Å². The van der Waals surface area contributed by atoms with Crippen LogP contribution in [-0.2, 0) is 0 Å². The average Bonchev–Trinajstić information content (AvgIpc) is 2.57. The van der Waals surface area contributed by atoms with Crippen LogP contribution in [0.3, 0.4) is 0 Å². The number of aromatic amines is 1. The van der Waals surface area contributed by atoms with E-state index in [1.807, 2.05) is 18.2 Å². The monoisotopic (exact) mass is 238 g/mol. The molecular formula is C9H7ClN4S.